The van der Waals surface area contributed by atoms with Gasteiger partial charge in [-0.15, -0.1) is 0 Å². The van der Waals surface area contributed by atoms with Gasteiger partial charge in [0, 0.05) is 5.02 Å². The minimum atomic E-state index is -0.331. The Kier molecular flexibility index (Phi) is 6.01. The van der Waals surface area contributed by atoms with Gasteiger partial charge in [0.1, 0.15) is 5.75 Å². The van der Waals surface area contributed by atoms with E-state index < -0.39 is 0 Å². The number of halogens is 1. The van der Waals surface area contributed by atoms with Gasteiger partial charge in [0.05, 0.1) is 6.21 Å². The number of ether oxygens (including phenoxy) is 1. The van der Waals surface area contributed by atoms with Crippen LogP contribution in [-0.2, 0) is 4.79 Å². The van der Waals surface area contributed by atoms with Crippen LogP contribution < -0.4 is 10.2 Å². The monoisotopic (exact) mass is 364 g/mol. The molecule has 0 aliphatic carbocycles. The summed E-state index contributed by atoms with van der Waals surface area (Å²) in [7, 11) is 0. The van der Waals surface area contributed by atoms with Crippen molar-refractivity contribution in [3.63, 3.8) is 0 Å². The van der Waals surface area contributed by atoms with Crippen LogP contribution in [-0.4, -0.2) is 18.7 Å². The van der Waals surface area contributed by atoms with Crippen LogP contribution in [0.2, 0.25) is 5.02 Å². The molecule has 3 aromatic carbocycles. The van der Waals surface area contributed by atoms with Crippen LogP contribution in [0, 0.1) is 0 Å². The van der Waals surface area contributed by atoms with E-state index in [0.717, 1.165) is 16.7 Å². The Bertz CT molecular complexity index is 876. The maximum atomic E-state index is 11.8. The van der Waals surface area contributed by atoms with Crippen molar-refractivity contribution < 1.29 is 9.53 Å². The molecule has 0 aliphatic rings. The van der Waals surface area contributed by atoms with Gasteiger partial charge in [0.2, 0.25) is 0 Å². The van der Waals surface area contributed by atoms with E-state index in [1.165, 1.54) is 0 Å². The smallest absolute Gasteiger partial charge is 0.277 e. The number of hydrazone groups is 1. The van der Waals surface area contributed by atoms with Crippen molar-refractivity contribution in [3.8, 4) is 16.9 Å². The third-order valence-corrected chi connectivity index (χ3v) is 3.86. The first-order valence-electron chi connectivity index (χ1n) is 8.06. The Hall–Kier alpha value is -3.11. The summed E-state index contributed by atoms with van der Waals surface area (Å²) in [5, 5.41) is 4.54. The lowest BCUT2D eigenvalue weighted by Crippen LogP contribution is -2.24. The van der Waals surface area contributed by atoms with E-state index in [4.69, 9.17) is 16.3 Å². The Morgan fingerprint density at radius 2 is 1.58 bits per heavy atom. The number of hydrogen-bond acceptors (Lipinski definition) is 3. The van der Waals surface area contributed by atoms with Crippen LogP contribution in [0.5, 0.6) is 5.75 Å². The lowest BCUT2D eigenvalue weighted by molar-refractivity contribution is -0.123. The van der Waals surface area contributed by atoms with Crippen LogP contribution in [0.25, 0.3) is 11.1 Å². The highest BCUT2D eigenvalue weighted by Gasteiger charge is 2.02. The summed E-state index contributed by atoms with van der Waals surface area (Å²) in [6.07, 6.45) is 1.54. The molecule has 0 aliphatic heterocycles. The maximum absolute atomic E-state index is 11.8. The molecule has 0 heterocycles. The number of amides is 1. The van der Waals surface area contributed by atoms with Crippen LogP contribution in [0.4, 0.5) is 0 Å². The molecule has 0 aromatic heterocycles. The van der Waals surface area contributed by atoms with Gasteiger partial charge in [-0.25, -0.2) is 5.43 Å². The van der Waals surface area contributed by atoms with Crippen molar-refractivity contribution in [2.75, 3.05) is 6.61 Å². The van der Waals surface area contributed by atoms with E-state index in [2.05, 4.69) is 10.5 Å². The Balaban J connectivity index is 1.47. The van der Waals surface area contributed by atoms with Crippen molar-refractivity contribution in [2.24, 2.45) is 5.10 Å². The molecule has 0 bridgehead atoms. The first kappa shape index (κ1) is 17.7. The van der Waals surface area contributed by atoms with Gasteiger partial charge in [-0.05, 0) is 41.0 Å². The molecule has 0 atom stereocenters. The maximum Gasteiger partial charge on any atom is 0.277 e. The molecule has 3 aromatic rings. The van der Waals surface area contributed by atoms with Crippen molar-refractivity contribution in [2.45, 2.75) is 0 Å². The van der Waals surface area contributed by atoms with E-state index in [9.17, 15) is 4.79 Å². The predicted molar refractivity (Wildman–Crippen MR) is 105 cm³/mol. The van der Waals surface area contributed by atoms with Gasteiger partial charge in [0.15, 0.2) is 6.61 Å². The third-order valence-electron chi connectivity index (χ3n) is 3.60. The molecule has 5 heteroatoms. The van der Waals surface area contributed by atoms with E-state index in [-0.39, 0.29) is 12.5 Å². The van der Waals surface area contributed by atoms with Gasteiger partial charge in [-0.1, -0.05) is 66.2 Å². The predicted octanol–water partition coefficient (Wildman–Crippen LogP) is 4.54. The molecule has 0 unspecified atom stereocenters. The average molecular weight is 365 g/mol. The zero-order valence-electron chi connectivity index (χ0n) is 13.9. The zero-order chi connectivity index (χ0) is 18.2. The van der Waals surface area contributed by atoms with Crippen LogP contribution in [0.15, 0.2) is 84.0 Å². The molecule has 4 nitrogen and oxygen atoms in total. The fourth-order valence-corrected chi connectivity index (χ4v) is 2.41. The molecule has 130 valence electrons. The van der Waals surface area contributed by atoms with Crippen molar-refractivity contribution in [1.29, 1.82) is 0 Å². The van der Waals surface area contributed by atoms with Crippen molar-refractivity contribution in [1.82, 2.24) is 5.43 Å². The average Bonchev–Trinajstić information content (AvgIpc) is 2.69. The third kappa shape index (κ3) is 5.19. The van der Waals surface area contributed by atoms with E-state index in [0.29, 0.717) is 10.8 Å². The summed E-state index contributed by atoms with van der Waals surface area (Å²) >= 11 is 5.81. The fraction of sp³-hybridized carbons (Fsp3) is 0.0476. The molecule has 26 heavy (non-hydrogen) atoms. The van der Waals surface area contributed by atoms with Gasteiger partial charge < -0.3 is 4.74 Å². The van der Waals surface area contributed by atoms with Crippen LogP contribution >= 0.6 is 11.6 Å². The second-order valence-electron chi connectivity index (χ2n) is 5.52. The summed E-state index contributed by atoms with van der Waals surface area (Å²) in [6, 6.07) is 24.8. The summed E-state index contributed by atoms with van der Waals surface area (Å²) in [5.41, 5.74) is 5.49. The molecule has 1 amide bonds. The lowest BCUT2D eigenvalue weighted by Gasteiger charge is -2.06. The van der Waals surface area contributed by atoms with Crippen molar-refractivity contribution >= 4 is 23.7 Å². The SMILES string of the molecule is O=C(COc1ccc(-c2ccccc2)cc1)NN=Cc1ccc(Cl)cc1. The molecule has 0 spiro atoms. The first-order chi connectivity index (χ1) is 12.7. The zero-order valence-corrected chi connectivity index (χ0v) is 14.7. The standard InChI is InChI=1S/C21H17ClN2O2/c22-19-10-6-16(7-11-19)14-23-24-21(25)15-26-20-12-8-18(9-13-20)17-4-2-1-3-5-17/h1-14H,15H2,(H,24,25). The molecule has 0 fully saturated rings. The van der Waals surface area contributed by atoms with Crippen LogP contribution in [0.3, 0.4) is 0 Å². The molecule has 0 saturated heterocycles. The lowest BCUT2D eigenvalue weighted by atomic mass is 10.1. The largest absolute Gasteiger partial charge is 0.484 e. The minimum Gasteiger partial charge on any atom is -0.484 e. The molecular formula is C21H17ClN2O2. The summed E-state index contributed by atoms with van der Waals surface area (Å²) in [5.74, 6) is 0.295. The van der Waals surface area contributed by atoms with Crippen molar-refractivity contribution in [3.05, 3.63) is 89.4 Å². The summed E-state index contributed by atoms with van der Waals surface area (Å²) < 4.78 is 5.47. The summed E-state index contributed by atoms with van der Waals surface area (Å²) in [6.45, 7) is -0.108. The normalized spacial score (nSPS) is 10.7. The van der Waals surface area contributed by atoms with E-state index in [1.54, 1.807) is 18.3 Å². The molecular weight excluding hydrogens is 348 g/mol. The number of carbonyl (C=O) groups excluding carboxylic acids is 1. The Labute approximate surface area is 157 Å². The van der Waals surface area contributed by atoms with E-state index >= 15 is 0 Å². The molecule has 3 rings (SSSR count). The van der Waals surface area contributed by atoms with E-state index in [1.807, 2.05) is 66.7 Å². The molecule has 1 N–H and O–H groups in total. The number of benzene rings is 3. The summed E-state index contributed by atoms with van der Waals surface area (Å²) in [4.78, 5) is 11.8. The Morgan fingerprint density at radius 1 is 0.923 bits per heavy atom. The Morgan fingerprint density at radius 3 is 2.27 bits per heavy atom. The number of nitrogens with one attached hydrogen (secondary N) is 1. The number of carbonyl (C=O) groups is 1. The second kappa shape index (κ2) is 8.83. The number of rotatable bonds is 6. The van der Waals surface area contributed by atoms with Gasteiger partial charge in [-0.2, -0.15) is 5.10 Å². The van der Waals surface area contributed by atoms with Gasteiger partial charge in [-0.3, -0.25) is 4.79 Å². The minimum absolute atomic E-state index is 0.108. The highest BCUT2D eigenvalue weighted by molar-refractivity contribution is 6.30. The molecule has 0 saturated carbocycles. The quantitative estimate of drug-likeness (QED) is 0.516. The highest BCUT2D eigenvalue weighted by Crippen LogP contribution is 2.21. The fourth-order valence-electron chi connectivity index (χ4n) is 2.28. The number of nitrogens with zero attached hydrogens (tertiary/aromatic N) is 1. The van der Waals surface area contributed by atoms with Crippen LogP contribution in [0.1, 0.15) is 5.56 Å². The highest BCUT2D eigenvalue weighted by atomic mass is 35.5. The second-order valence-corrected chi connectivity index (χ2v) is 5.96. The topological polar surface area (TPSA) is 50.7 Å². The molecule has 0 radical (unpaired) electrons. The number of hydrogen-bond donors (Lipinski definition) is 1. The van der Waals surface area contributed by atoms with Gasteiger partial charge in [0.25, 0.3) is 5.91 Å². The van der Waals surface area contributed by atoms with Gasteiger partial charge >= 0.3 is 0 Å². The first-order valence-corrected chi connectivity index (χ1v) is 8.44.